The summed E-state index contributed by atoms with van der Waals surface area (Å²) in [5.41, 5.74) is 4.54. The van der Waals surface area contributed by atoms with Crippen LogP contribution in [0.1, 0.15) is 24.0 Å². The summed E-state index contributed by atoms with van der Waals surface area (Å²) in [5.74, 6) is -0.0887. The van der Waals surface area contributed by atoms with Crippen LogP contribution in [0.5, 0.6) is 0 Å². The van der Waals surface area contributed by atoms with E-state index in [4.69, 9.17) is 11.6 Å². The van der Waals surface area contributed by atoms with E-state index in [0.29, 0.717) is 11.4 Å². The highest BCUT2D eigenvalue weighted by molar-refractivity contribution is 6.33. The van der Waals surface area contributed by atoms with Gasteiger partial charge in [0, 0.05) is 17.0 Å². The van der Waals surface area contributed by atoms with Gasteiger partial charge in [0.1, 0.15) is 0 Å². The predicted molar refractivity (Wildman–Crippen MR) is 86.6 cm³/mol. The van der Waals surface area contributed by atoms with Crippen LogP contribution < -0.4 is 5.43 Å². The minimum Gasteiger partial charge on any atom is -0.273 e. The highest BCUT2D eigenvalue weighted by Crippen LogP contribution is 2.12. The summed E-state index contributed by atoms with van der Waals surface area (Å²) in [4.78, 5) is 11.7. The van der Waals surface area contributed by atoms with Crippen LogP contribution in [0.25, 0.3) is 0 Å². The van der Waals surface area contributed by atoms with Crippen LogP contribution in [0.15, 0.2) is 59.7 Å². The second kappa shape index (κ2) is 8.22. The van der Waals surface area contributed by atoms with Gasteiger partial charge in [0.2, 0.25) is 5.91 Å². The van der Waals surface area contributed by atoms with E-state index in [2.05, 4.69) is 22.7 Å². The SMILES string of the molecule is O=C(CCCc1ccccc1)N/N=C/c1ccccc1Cl. The summed E-state index contributed by atoms with van der Waals surface area (Å²) in [6, 6.07) is 17.5. The Hall–Kier alpha value is -2.13. The maximum Gasteiger partial charge on any atom is 0.240 e. The molecule has 1 amide bonds. The molecule has 0 atom stereocenters. The minimum atomic E-state index is -0.0887. The largest absolute Gasteiger partial charge is 0.273 e. The lowest BCUT2D eigenvalue weighted by Gasteiger charge is -2.01. The first kappa shape index (κ1) is 15.3. The topological polar surface area (TPSA) is 41.5 Å². The Morgan fingerprint density at radius 3 is 2.57 bits per heavy atom. The van der Waals surface area contributed by atoms with Gasteiger partial charge in [-0.1, -0.05) is 60.1 Å². The third-order valence-corrected chi connectivity index (χ3v) is 3.35. The van der Waals surface area contributed by atoms with Crippen LogP contribution in [0.4, 0.5) is 0 Å². The van der Waals surface area contributed by atoms with E-state index in [-0.39, 0.29) is 5.91 Å². The minimum absolute atomic E-state index is 0.0887. The molecule has 0 aliphatic carbocycles. The summed E-state index contributed by atoms with van der Waals surface area (Å²) in [6.45, 7) is 0. The Morgan fingerprint density at radius 1 is 1.10 bits per heavy atom. The van der Waals surface area contributed by atoms with Gasteiger partial charge < -0.3 is 0 Å². The molecular formula is C17H17ClN2O. The van der Waals surface area contributed by atoms with Crippen LogP contribution in [-0.2, 0) is 11.2 Å². The van der Waals surface area contributed by atoms with E-state index in [9.17, 15) is 4.79 Å². The maximum absolute atomic E-state index is 11.7. The first-order valence-corrected chi connectivity index (χ1v) is 7.24. The molecule has 0 aromatic heterocycles. The molecule has 1 N–H and O–H groups in total. The van der Waals surface area contributed by atoms with Crippen molar-refractivity contribution >= 4 is 23.7 Å². The van der Waals surface area contributed by atoms with Crippen molar-refractivity contribution in [3.05, 3.63) is 70.7 Å². The normalized spacial score (nSPS) is 10.7. The highest BCUT2D eigenvalue weighted by atomic mass is 35.5. The summed E-state index contributed by atoms with van der Waals surface area (Å²) in [5, 5.41) is 4.53. The smallest absolute Gasteiger partial charge is 0.240 e. The van der Waals surface area contributed by atoms with E-state index in [1.165, 1.54) is 5.56 Å². The summed E-state index contributed by atoms with van der Waals surface area (Å²) in [6.07, 6.45) is 3.70. The van der Waals surface area contributed by atoms with Crippen LogP contribution in [0.3, 0.4) is 0 Å². The lowest BCUT2D eigenvalue weighted by molar-refractivity contribution is -0.121. The monoisotopic (exact) mass is 300 g/mol. The zero-order chi connectivity index (χ0) is 14.9. The number of rotatable bonds is 6. The Kier molecular flexibility index (Phi) is 5.98. The van der Waals surface area contributed by atoms with Crippen molar-refractivity contribution in [3.8, 4) is 0 Å². The molecule has 21 heavy (non-hydrogen) atoms. The lowest BCUT2D eigenvalue weighted by atomic mass is 10.1. The number of nitrogens with one attached hydrogen (secondary N) is 1. The quantitative estimate of drug-likeness (QED) is 0.639. The number of benzene rings is 2. The van der Waals surface area contributed by atoms with Gasteiger partial charge in [-0.05, 0) is 24.5 Å². The molecule has 2 aromatic rings. The molecule has 0 aliphatic heterocycles. The average Bonchev–Trinajstić information content (AvgIpc) is 2.50. The number of hydrogen-bond acceptors (Lipinski definition) is 2. The van der Waals surface area contributed by atoms with Crippen LogP contribution in [0, 0.1) is 0 Å². The fraction of sp³-hybridized carbons (Fsp3) is 0.176. The number of carbonyl (C=O) groups is 1. The van der Waals surface area contributed by atoms with Crippen molar-refractivity contribution in [3.63, 3.8) is 0 Å². The van der Waals surface area contributed by atoms with Gasteiger partial charge >= 0.3 is 0 Å². The summed E-state index contributed by atoms with van der Waals surface area (Å²) >= 11 is 5.99. The molecule has 2 aromatic carbocycles. The Morgan fingerprint density at radius 2 is 1.81 bits per heavy atom. The lowest BCUT2D eigenvalue weighted by Crippen LogP contribution is -2.17. The fourth-order valence-corrected chi connectivity index (χ4v) is 2.09. The van der Waals surface area contributed by atoms with Gasteiger partial charge in [-0.15, -0.1) is 0 Å². The molecule has 3 nitrogen and oxygen atoms in total. The van der Waals surface area contributed by atoms with Crippen molar-refractivity contribution in [2.75, 3.05) is 0 Å². The molecule has 0 saturated carbocycles. The summed E-state index contributed by atoms with van der Waals surface area (Å²) < 4.78 is 0. The second-order valence-corrected chi connectivity index (χ2v) is 5.06. The number of aryl methyl sites for hydroxylation is 1. The molecule has 0 aliphatic rings. The molecule has 108 valence electrons. The molecule has 0 unspecified atom stereocenters. The Bertz CT molecular complexity index is 611. The van der Waals surface area contributed by atoms with Crippen LogP contribution in [0.2, 0.25) is 5.02 Å². The Labute approximate surface area is 129 Å². The highest BCUT2D eigenvalue weighted by Gasteiger charge is 2.00. The van der Waals surface area contributed by atoms with Gasteiger partial charge in [-0.2, -0.15) is 5.10 Å². The first-order valence-electron chi connectivity index (χ1n) is 6.86. The maximum atomic E-state index is 11.7. The van der Waals surface area contributed by atoms with Crippen molar-refractivity contribution in [1.29, 1.82) is 0 Å². The molecule has 0 heterocycles. The van der Waals surface area contributed by atoms with Crippen molar-refractivity contribution < 1.29 is 4.79 Å². The molecule has 2 rings (SSSR count). The predicted octanol–water partition coefficient (Wildman–Crippen LogP) is 3.81. The number of halogens is 1. The van der Waals surface area contributed by atoms with Crippen molar-refractivity contribution in [2.24, 2.45) is 5.10 Å². The van der Waals surface area contributed by atoms with Gasteiger partial charge in [0.25, 0.3) is 0 Å². The van der Waals surface area contributed by atoms with Gasteiger partial charge in [-0.25, -0.2) is 5.43 Å². The van der Waals surface area contributed by atoms with Crippen molar-refractivity contribution in [1.82, 2.24) is 5.43 Å². The molecular weight excluding hydrogens is 284 g/mol. The summed E-state index contributed by atoms with van der Waals surface area (Å²) in [7, 11) is 0. The second-order valence-electron chi connectivity index (χ2n) is 4.65. The zero-order valence-electron chi connectivity index (χ0n) is 11.6. The van der Waals surface area contributed by atoms with Crippen molar-refractivity contribution in [2.45, 2.75) is 19.3 Å². The molecule has 0 saturated heterocycles. The van der Waals surface area contributed by atoms with Gasteiger partial charge in [-0.3, -0.25) is 4.79 Å². The number of hydrogen-bond donors (Lipinski definition) is 1. The number of amides is 1. The average molecular weight is 301 g/mol. The number of hydrazone groups is 1. The first-order chi connectivity index (χ1) is 10.3. The zero-order valence-corrected chi connectivity index (χ0v) is 12.4. The van der Waals surface area contributed by atoms with E-state index < -0.39 is 0 Å². The molecule has 0 radical (unpaired) electrons. The standard InChI is InChI=1S/C17H17ClN2O/c18-16-11-5-4-10-15(16)13-19-20-17(21)12-6-9-14-7-2-1-3-8-14/h1-5,7-8,10-11,13H,6,9,12H2,(H,20,21)/b19-13+. The molecule has 4 heteroatoms. The third-order valence-electron chi connectivity index (χ3n) is 3.01. The molecule has 0 fully saturated rings. The van der Waals surface area contributed by atoms with E-state index in [1.54, 1.807) is 12.3 Å². The van der Waals surface area contributed by atoms with E-state index in [1.807, 2.05) is 36.4 Å². The fourth-order valence-electron chi connectivity index (χ4n) is 1.91. The molecule has 0 bridgehead atoms. The van der Waals surface area contributed by atoms with Crippen LogP contribution in [-0.4, -0.2) is 12.1 Å². The number of nitrogens with zero attached hydrogens (tertiary/aromatic N) is 1. The van der Waals surface area contributed by atoms with E-state index >= 15 is 0 Å². The molecule has 0 spiro atoms. The third kappa shape index (κ3) is 5.40. The van der Waals surface area contributed by atoms with Crippen LogP contribution >= 0.6 is 11.6 Å². The number of carbonyl (C=O) groups excluding carboxylic acids is 1. The van der Waals surface area contributed by atoms with Gasteiger partial charge in [0.05, 0.1) is 6.21 Å². The van der Waals surface area contributed by atoms with Gasteiger partial charge in [0.15, 0.2) is 0 Å². The Balaban J connectivity index is 1.71. The van der Waals surface area contributed by atoms with E-state index in [0.717, 1.165) is 18.4 Å².